The molecule has 124 valence electrons. The fourth-order valence-electron chi connectivity index (χ4n) is 2.22. The molecule has 1 aromatic heterocycles. The lowest BCUT2D eigenvalue weighted by molar-refractivity contribution is -0.0177. The number of hydrogen-bond acceptors (Lipinski definition) is 6. The number of carbonyl (C=O) groups is 1. The molecule has 22 heavy (non-hydrogen) atoms. The highest BCUT2D eigenvalue weighted by Gasteiger charge is 2.27. The average Bonchev–Trinajstić information content (AvgIpc) is 2.92. The Hall–Kier alpha value is -1.34. The molecule has 2 heterocycles. The third-order valence-corrected chi connectivity index (χ3v) is 4.23. The van der Waals surface area contributed by atoms with E-state index in [1.54, 1.807) is 16.2 Å². The molecule has 1 saturated heterocycles. The van der Waals surface area contributed by atoms with E-state index in [4.69, 9.17) is 9.47 Å². The Balaban J connectivity index is 1.72. The van der Waals surface area contributed by atoms with Crippen molar-refractivity contribution in [3.63, 3.8) is 0 Å². The van der Waals surface area contributed by atoms with Gasteiger partial charge in [-0.3, -0.25) is 0 Å². The van der Waals surface area contributed by atoms with Crippen molar-refractivity contribution in [2.75, 3.05) is 25.5 Å². The molecule has 0 aliphatic carbocycles. The van der Waals surface area contributed by atoms with E-state index in [1.807, 2.05) is 33.2 Å². The minimum absolute atomic E-state index is 0.179. The molecular formula is C15H25N3O3S. The van der Waals surface area contributed by atoms with Gasteiger partial charge in [-0.25, -0.2) is 9.78 Å². The zero-order chi connectivity index (χ0) is 16.2. The monoisotopic (exact) mass is 327 g/mol. The van der Waals surface area contributed by atoms with Gasteiger partial charge in [-0.1, -0.05) is 0 Å². The first-order valence-corrected chi connectivity index (χ1v) is 8.47. The minimum atomic E-state index is -0.444. The van der Waals surface area contributed by atoms with Gasteiger partial charge in [0.1, 0.15) is 5.60 Å². The lowest BCUT2D eigenvalue weighted by Gasteiger charge is -2.33. The molecule has 1 N–H and O–H groups in total. The second-order valence-electron chi connectivity index (χ2n) is 6.37. The van der Waals surface area contributed by atoms with Crippen molar-refractivity contribution in [1.82, 2.24) is 9.88 Å². The van der Waals surface area contributed by atoms with E-state index >= 15 is 0 Å². The highest BCUT2D eigenvalue weighted by atomic mass is 32.1. The molecule has 2 rings (SSSR count). The fourth-order valence-corrected chi connectivity index (χ4v) is 2.88. The summed E-state index contributed by atoms with van der Waals surface area (Å²) in [5, 5.41) is 5.92. The fraction of sp³-hybridized carbons (Fsp3) is 0.733. The summed E-state index contributed by atoms with van der Waals surface area (Å²) in [5.74, 6) is 0. The van der Waals surface area contributed by atoms with Crippen LogP contribution in [0.4, 0.5) is 9.93 Å². The Kier molecular flexibility index (Phi) is 5.63. The van der Waals surface area contributed by atoms with Crippen molar-refractivity contribution in [3.05, 3.63) is 11.1 Å². The predicted octanol–water partition coefficient (Wildman–Crippen LogP) is 3.10. The number of nitrogens with zero attached hydrogens (tertiary/aromatic N) is 2. The molecule has 0 unspecified atom stereocenters. The molecule has 0 atom stereocenters. The summed E-state index contributed by atoms with van der Waals surface area (Å²) < 4.78 is 11.3. The van der Waals surface area contributed by atoms with Gasteiger partial charge in [0.2, 0.25) is 0 Å². The van der Waals surface area contributed by atoms with Gasteiger partial charge in [0.05, 0.1) is 18.4 Å². The number of ether oxygens (including phenoxy) is 2. The van der Waals surface area contributed by atoms with E-state index in [2.05, 4.69) is 10.3 Å². The topological polar surface area (TPSA) is 63.7 Å². The Bertz CT molecular complexity index is 490. The molecular weight excluding hydrogens is 302 g/mol. The van der Waals surface area contributed by atoms with Gasteiger partial charge in [-0.15, -0.1) is 11.3 Å². The van der Waals surface area contributed by atoms with Crippen LogP contribution in [0.5, 0.6) is 0 Å². The van der Waals surface area contributed by atoms with Crippen LogP contribution in [0.25, 0.3) is 0 Å². The summed E-state index contributed by atoms with van der Waals surface area (Å²) in [6, 6.07) is 0. The standard InChI is InChI=1S/C15H25N3O3S/c1-15(2,3)21-14(19)18-7-5-12(6-8-18)20-9-11-10-22-13(16-4)17-11/h10,12H,5-9H2,1-4H3,(H,16,17). The van der Waals surface area contributed by atoms with Gasteiger partial charge in [0.15, 0.2) is 5.13 Å². The van der Waals surface area contributed by atoms with Crippen LogP contribution in [0.3, 0.4) is 0 Å². The lowest BCUT2D eigenvalue weighted by atomic mass is 10.1. The number of hydrogen-bond donors (Lipinski definition) is 1. The van der Waals surface area contributed by atoms with E-state index < -0.39 is 5.60 Å². The molecule has 1 aliphatic rings. The molecule has 1 aromatic rings. The zero-order valence-corrected chi connectivity index (χ0v) is 14.5. The molecule has 0 bridgehead atoms. The molecule has 0 saturated carbocycles. The average molecular weight is 327 g/mol. The van der Waals surface area contributed by atoms with Crippen molar-refractivity contribution in [1.29, 1.82) is 0 Å². The first-order valence-electron chi connectivity index (χ1n) is 7.59. The molecule has 6 nitrogen and oxygen atoms in total. The molecule has 0 aromatic carbocycles. The Labute approximate surface area is 135 Å². The first-order chi connectivity index (χ1) is 10.4. The molecule has 0 radical (unpaired) electrons. The molecule has 1 amide bonds. The summed E-state index contributed by atoms with van der Waals surface area (Å²) in [7, 11) is 1.86. The number of amides is 1. The van der Waals surface area contributed by atoms with Crippen LogP contribution >= 0.6 is 11.3 Å². The minimum Gasteiger partial charge on any atom is -0.444 e. The third kappa shape index (κ3) is 5.14. The maximum atomic E-state index is 12.0. The van der Waals surface area contributed by atoms with Gasteiger partial charge >= 0.3 is 6.09 Å². The van der Waals surface area contributed by atoms with Crippen molar-refractivity contribution in [2.45, 2.75) is 51.9 Å². The number of likely N-dealkylation sites (tertiary alicyclic amines) is 1. The number of rotatable bonds is 4. The normalized spacial score (nSPS) is 16.6. The highest BCUT2D eigenvalue weighted by Crippen LogP contribution is 2.20. The van der Waals surface area contributed by atoms with Crippen LogP contribution in [-0.2, 0) is 16.1 Å². The molecule has 0 spiro atoms. The van der Waals surface area contributed by atoms with Gasteiger partial charge in [-0.2, -0.15) is 0 Å². The van der Waals surface area contributed by atoms with E-state index in [9.17, 15) is 4.79 Å². The number of aromatic nitrogens is 1. The van der Waals surface area contributed by atoms with Gasteiger partial charge < -0.3 is 19.7 Å². The number of anilines is 1. The van der Waals surface area contributed by atoms with Crippen molar-refractivity contribution < 1.29 is 14.3 Å². The van der Waals surface area contributed by atoms with Gasteiger partial charge in [0, 0.05) is 25.5 Å². The zero-order valence-electron chi connectivity index (χ0n) is 13.7. The van der Waals surface area contributed by atoms with Crippen LogP contribution in [0.15, 0.2) is 5.38 Å². The molecule has 1 fully saturated rings. The summed E-state index contributed by atoms with van der Waals surface area (Å²) in [6.07, 6.45) is 1.62. The predicted molar refractivity (Wildman–Crippen MR) is 87.3 cm³/mol. The van der Waals surface area contributed by atoms with E-state index in [1.165, 1.54) is 0 Å². The number of piperidine rings is 1. The molecule has 7 heteroatoms. The SMILES string of the molecule is CNc1nc(COC2CCN(C(=O)OC(C)(C)C)CC2)cs1. The van der Waals surface area contributed by atoms with Gasteiger partial charge in [-0.05, 0) is 33.6 Å². The summed E-state index contributed by atoms with van der Waals surface area (Å²) in [5.41, 5.74) is 0.504. The summed E-state index contributed by atoms with van der Waals surface area (Å²) >= 11 is 1.57. The Morgan fingerprint density at radius 1 is 1.45 bits per heavy atom. The second-order valence-corrected chi connectivity index (χ2v) is 7.23. The highest BCUT2D eigenvalue weighted by molar-refractivity contribution is 7.13. The first kappa shape index (κ1) is 17.0. The van der Waals surface area contributed by atoms with Gasteiger partial charge in [0.25, 0.3) is 0 Å². The maximum Gasteiger partial charge on any atom is 0.410 e. The Morgan fingerprint density at radius 2 is 2.14 bits per heavy atom. The molecule has 1 aliphatic heterocycles. The number of thiazole rings is 1. The number of nitrogens with one attached hydrogen (secondary N) is 1. The largest absolute Gasteiger partial charge is 0.444 e. The van der Waals surface area contributed by atoms with Crippen LogP contribution in [0, 0.1) is 0 Å². The third-order valence-electron chi connectivity index (χ3n) is 3.33. The summed E-state index contributed by atoms with van der Waals surface area (Å²) in [4.78, 5) is 18.1. The van der Waals surface area contributed by atoms with E-state index in [0.717, 1.165) is 23.7 Å². The quantitative estimate of drug-likeness (QED) is 0.920. The van der Waals surface area contributed by atoms with Crippen LogP contribution in [0.1, 0.15) is 39.3 Å². The smallest absolute Gasteiger partial charge is 0.410 e. The van der Waals surface area contributed by atoms with Crippen LogP contribution in [0.2, 0.25) is 0 Å². The second kappa shape index (κ2) is 7.28. The van der Waals surface area contributed by atoms with Crippen molar-refractivity contribution in [2.24, 2.45) is 0 Å². The lowest BCUT2D eigenvalue weighted by Crippen LogP contribution is -2.43. The van der Waals surface area contributed by atoms with Crippen molar-refractivity contribution >= 4 is 22.6 Å². The van der Waals surface area contributed by atoms with E-state index in [-0.39, 0.29) is 12.2 Å². The summed E-state index contributed by atoms with van der Waals surface area (Å²) in [6.45, 7) is 7.53. The van der Waals surface area contributed by atoms with E-state index in [0.29, 0.717) is 19.7 Å². The van der Waals surface area contributed by atoms with Crippen LogP contribution < -0.4 is 5.32 Å². The maximum absolute atomic E-state index is 12.0. The van der Waals surface area contributed by atoms with Crippen molar-refractivity contribution in [3.8, 4) is 0 Å². The Morgan fingerprint density at radius 3 is 2.68 bits per heavy atom. The number of carbonyl (C=O) groups excluding carboxylic acids is 1. The van der Waals surface area contributed by atoms with Crippen LogP contribution in [-0.4, -0.2) is 47.8 Å².